The third-order valence-electron chi connectivity index (χ3n) is 1.71. The average molecular weight is 199 g/mol. The van der Waals surface area contributed by atoms with Gasteiger partial charge >= 0.3 is 0 Å². The normalized spacial score (nSPS) is 12.5. The monoisotopic (exact) mass is 198 g/mol. The molecule has 0 saturated heterocycles. The summed E-state index contributed by atoms with van der Waals surface area (Å²) in [4.78, 5) is 10.7. The second-order valence-electron chi connectivity index (χ2n) is 2.98. The van der Waals surface area contributed by atoms with Crippen molar-refractivity contribution in [2.75, 3.05) is 0 Å². The summed E-state index contributed by atoms with van der Waals surface area (Å²) in [6, 6.07) is 6.89. The zero-order valence-electron chi connectivity index (χ0n) is 7.33. The Morgan fingerprint density at radius 2 is 2.31 bits per heavy atom. The fourth-order valence-electron chi connectivity index (χ4n) is 1.10. The molecule has 1 rings (SSSR count). The Bertz CT molecular complexity index is 310. The van der Waals surface area contributed by atoms with Gasteiger partial charge in [-0.1, -0.05) is 23.7 Å². The van der Waals surface area contributed by atoms with Gasteiger partial charge in [0.05, 0.1) is 6.10 Å². The van der Waals surface area contributed by atoms with Crippen LogP contribution in [0.5, 0.6) is 0 Å². The smallest absolute Gasteiger partial charge is 0.132 e. The molecule has 2 nitrogen and oxygen atoms in total. The molecular formula is C10H11ClO2. The molecule has 1 aromatic carbocycles. The van der Waals surface area contributed by atoms with Crippen LogP contribution in [0.3, 0.4) is 0 Å². The topological polar surface area (TPSA) is 37.3 Å². The maximum absolute atomic E-state index is 10.7. The lowest BCUT2D eigenvalue weighted by Crippen LogP contribution is -2.02. The summed E-state index contributed by atoms with van der Waals surface area (Å²) in [5.41, 5.74) is 0.683. The van der Waals surface area contributed by atoms with Crippen LogP contribution < -0.4 is 0 Å². The predicted octanol–water partition coefficient (Wildman–Crippen LogP) is 2.35. The number of halogens is 1. The molecule has 1 atom stereocenters. The first-order valence-corrected chi connectivity index (χ1v) is 4.40. The average Bonchev–Trinajstić information content (AvgIpc) is 2.03. The van der Waals surface area contributed by atoms with Crippen LogP contribution in [0.4, 0.5) is 0 Å². The van der Waals surface area contributed by atoms with Crippen molar-refractivity contribution in [3.8, 4) is 0 Å². The van der Waals surface area contributed by atoms with E-state index in [0.717, 1.165) is 0 Å². The van der Waals surface area contributed by atoms with Gasteiger partial charge in [0.25, 0.3) is 0 Å². The molecule has 13 heavy (non-hydrogen) atoms. The van der Waals surface area contributed by atoms with Crippen LogP contribution in [0.1, 0.15) is 25.0 Å². The number of ketones is 1. The minimum atomic E-state index is -0.740. The summed E-state index contributed by atoms with van der Waals surface area (Å²) in [5, 5.41) is 10.1. The Labute approximate surface area is 82.2 Å². The first-order chi connectivity index (χ1) is 6.09. The standard InChI is InChI=1S/C10H11ClO2/c1-7(12)5-10(13)8-3-2-4-9(11)6-8/h2-4,6,10,13H,5H2,1H3. The largest absolute Gasteiger partial charge is 0.388 e. The van der Waals surface area contributed by atoms with Gasteiger partial charge in [-0.15, -0.1) is 0 Å². The van der Waals surface area contributed by atoms with Gasteiger partial charge in [-0.25, -0.2) is 0 Å². The van der Waals surface area contributed by atoms with Crippen LogP contribution in [0.15, 0.2) is 24.3 Å². The lowest BCUT2D eigenvalue weighted by molar-refractivity contribution is -0.118. The number of rotatable bonds is 3. The van der Waals surface area contributed by atoms with Crippen molar-refractivity contribution in [2.24, 2.45) is 0 Å². The lowest BCUT2D eigenvalue weighted by Gasteiger charge is -2.08. The van der Waals surface area contributed by atoms with E-state index in [2.05, 4.69) is 0 Å². The predicted molar refractivity (Wildman–Crippen MR) is 51.7 cm³/mol. The van der Waals surface area contributed by atoms with Crippen molar-refractivity contribution in [2.45, 2.75) is 19.4 Å². The van der Waals surface area contributed by atoms with Crippen molar-refractivity contribution < 1.29 is 9.90 Å². The number of carbonyl (C=O) groups is 1. The summed E-state index contributed by atoms with van der Waals surface area (Å²) in [6.45, 7) is 1.45. The second-order valence-corrected chi connectivity index (χ2v) is 3.41. The van der Waals surface area contributed by atoms with E-state index in [1.165, 1.54) is 6.92 Å². The maximum Gasteiger partial charge on any atom is 0.132 e. The fourth-order valence-corrected chi connectivity index (χ4v) is 1.30. The highest BCUT2D eigenvalue weighted by atomic mass is 35.5. The molecular weight excluding hydrogens is 188 g/mol. The Balaban J connectivity index is 2.76. The number of aliphatic hydroxyl groups is 1. The molecule has 3 heteroatoms. The van der Waals surface area contributed by atoms with Crippen LogP contribution in [0.25, 0.3) is 0 Å². The first kappa shape index (κ1) is 10.2. The highest BCUT2D eigenvalue weighted by Crippen LogP contribution is 2.20. The number of hydrogen-bond donors (Lipinski definition) is 1. The minimum Gasteiger partial charge on any atom is -0.388 e. The molecule has 0 bridgehead atoms. The number of benzene rings is 1. The molecule has 0 heterocycles. The summed E-state index contributed by atoms with van der Waals surface area (Å²) in [6.07, 6.45) is -0.600. The molecule has 0 radical (unpaired) electrons. The van der Waals surface area contributed by atoms with Crippen molar-refractivity contribution in [3.63, 3.8) is 0 Å². The van der Waals surface area contributed by atoms with Crippen molar-refractivity contribution >= 4 is 17.4 Å². The van der Waals surface area contributed by atoms with E-state index in [4.69, 9.17) is 11.6 Å². The Morgan fingerprint density at radius 3 is 2.85 bits per heavy atom. The van der Waals surface area contributed by atoms with E-state index in [0.29, 0.717) is 10.6 Å². The summed E-state index contributed by atoms with van der Waals surface area (Å²) in [7, 11) is 0. The molecule has 0 aliphatic rings. The minimum absolute atomic E-state index is 0.0347. The Kier molecular flexibility index (Phi) is 3.46. The third-order valence-corrected chi connectivity index (χ3v) is 1.95. The van der Waals surface area contributed by atoms with E-state index in [-0.39, 0.29) is 12.2 Å². The summed E-state index contributed by atoms with van der Waals surface area (Å²) < 4.78 is 0. The van der Waals surface area contributed by atoms with Crippen LogP contribution in [-0.2, 0) is 4.79 Å². The summed E-state index contributed by atoms with van der Waals surface area (Å²) >= 11 is 5.73. The van der Waals surface area contributed by atoms with Crippen LogP contribution in [-0.4, -0.2) is 10.9 Å². The van der Waals surface area contributed by atoms with Gasteiger partial charge in [0.2, 0.25) is 0 Å². The van der Waals surface area contributed by atoms with E-state index in [9.17, 15) is 9.90 Å². The highest BCUT2D eigenvalue weighted by molar-refractivity contribution is 6.30. The zero-order chi connectivity index (χ0) is 9.84. The van der Waals surface area contributed by atoms with Gasteiger partial charge < -0.3 is 5.11 Å². The Hall–Kier alpha value is -0.860. The Morgan fingerprint density at radius 1 is 1.62 bits per heavy atom. The van der Waals surface area contributed by atoms with Gasteiger partial charge in [0, 0.05) is 11.4 Å². The summed E-state index contributed by atoms with van der Waals surface area (Å²) in [5.74, 6) is -0.0347. The molecule has 1 aromatic rings. The first-order valence-electron chi connectivity index (χ1n) is 4.02. The fraction of sp³-hybridized carbons (Fsp3) is 0.300. The molecule has 0 saturated carbocycles. The highest BCUT2D eigenvalue weighted by Gasteiger charge is 2.09. The van der Waals surface area contributed by atoms with Gasteiger partial charge in [0.1, 0.15) is 5.78 Å². The van der Waals surface area contributed by atoms with Crippen LogP contribution >= 0.6 is 11.6 Å². The van der Waals surface area contributed by atoms with E-state index >= 15 is 0 Å². The van der Waals surface area contributed by atoms with Gasteiger partial charge in [0.15, 0.2) is 0 Å². The van der Waals surface area contributed by atoms with E-state index < -0.39 is 6.10 Å². The van der Waals surface area contributed by atoms with Gasteiger partial charge in [-0.3, -0.25) is 4.79 Å². The zero-order valence-corrected chi connectivity index (χ0v) is 8.08. The van der Waals surface area contributed by atoms with Gasteiger partial charge in [-0.2, -0.15) is 0 Å². The van der Waals surface area contributed by atoms with Crippen LogP contribution in [0, 0.1) is 0 Å². The third kappa shape index (κ3) is 3.17. The number of aliphatic hydroxyl groups excluding tert-OH is 1. The molecule has 0 fully saturated rings. The SMILES string of the molecule is CC(=O)CC(O)c1cccc(Cl)c1. The molecule has 1 N–H and O–H groups in total. The molecule has 0 aromatic heterocycles. The number of hydrogen-bond acceptors (Lipinski definition) is 2. The maximum atomic E-state index is 10.7. The molecule has 0 aliphatic heterocycles. The molecule has 0 amide bonds. The molecule has 0 aliphatic carbocycles. The van der Waals surface area contributed by atoms with Crippen LogP contribution in [0.2, 0.25) is 5.02 Å². The quantitative estimate of drug-likeness (QED) is 0.810. The molecule has 70 valence electrons. The molecule has 1 unspecified atom stereocenters. The van der Waals surface area contributed by atoms with Crippen molar-refractivity contribution in [1.29, 1.82) is 0 Å². The molecule has 0 spiro atoms. The van der Waals surface area contributed by atoms with Crippen molar-refractivity contribution in [3.05, 3.63) is 34.9 Å². The number of Topliss-reactive ketones (excluding diaryl/α,β-unsaturated/α-hetero) is 1. The lowest BCUT2D eigenvalue weighted by atomic mass is 10.1. The van der Waals surface area contributed by atoms with E-state index in [1.807, 2.05) is 0 Å². The second kappa shape index (κ2) is 4.40. The number of carbonyl (C=O) groups excluding carboxylic acids is 1. The van der Waals surface area contributed by atoms with E-state index in [1.54, 1.807) is 24.3 Å². The van der Waals surface area contributed by atoms with Gasteiger partial charge in [-0.05, 0) is 24.6 Å². The van der Waals surface area contributed by atoms with Crippen molar-refractivity contribution in [1.82, 2.24) is 0 Å².